The highest BCUT2D eigenvalue weighted by Crippen LogP contribution is 2.34. The van der Waals surface area contributed by atoms with Gasteiger partial charge in [0.1, 0.15) is 0 Å². The van der Waals surface area contributed by atoms with Crippen LogP contribution in [0.5, 0.6) is 0 Å². The molecule has 0 N–H and O–H groups in total. The molecule has 0 spiro atoms. The Morgan fingerprint density at radius 1 is 1.08 bits per heavy atom. The molecule has 2 heteroatoms. The lowest BCUT2D eigenvalue weighted by molar-refractivity contribution is 0.111. The molecule has 1 unspecified atom stereocenters. The zero-order valence-corrected chi connectivity index (χ0v) is 9.24. The first-order valence-electron chi connectivity index (χ1n) is 5.52. The van der Waals surface area contributed by atoms with Gasteiger partial charge in [0.15, 0.2) is 0 Å². The molecular formula is C10H19AlO. The normalized spacial score (nSPS) is 32.8. The highest BCUT2D eigenvalue weighted by molar-refractivity contribution is 6.50. The van der Waals surface area contributed by atoms with Gasteiger partial charge in [0.05, 0.1) is 0 Å². The maximum atomic E-state index is 6.11. The van der Waals surface area contributed by atoms with Crippen molar-refractivity contribution in [3.63, 3.8) is 0 Å². The van der Waals surface area contributed by atoms with Crippen LogP contribution < -0.4 is 0 Å². The highest BCUT2D eigenvalue weighted by atomic mass is 27.2. The van der Waals surface area contributed by atoms with Gasteiger partial charge in [-0.05, 0) is 25.2 Å². The van der Waals surface area contributed by atoms with Crippen molar-refractivity contribution in [1.29, 1.82) is 0 Å². The first-order valence-corrected chi connectivity index (χ1v) is 7.96. The molecule has 1 nitrogen and oxygen atoms in total. The lowest BCUT2D eigenvalue weighted by Gasteiger charge is -2.31. The number of rotatable bonds is 1. The van der Waals surface area contributed by atoms with Crippen molar-refractivity contribution < 1.29 is 3.79 Å². The minimum atomic E-state index is -0.709. The van der Waals surface area contributed by atoms with Crippen LogP contribution >= 0.6 is 0 Å². The van der Waals surface area contributed by atoms with E-state index in [1.165, 1.54) is 43.8 Å². The largest absolute Gasteiger partial charge is 0.498 e. The Labute approximate surface area is 80.2 Å². The fourth-order valence-corrected chi connectivity index (χ4v) is 4.62. The van der Waals surface area contributed by atoms with Crippen molar-refractivity contribution in [2.45, 2.75) is 55.7 Å². The van der Waals surface area contributed by atoms with Crippen LogP contribution in [0.2, 0.25) is 11.1 Å². The van der Waals surface area contributed by atoms with Gasteiger partial charge in [-0.15, -0.1) is 0 Å². The summed E-state index contributed by atoms with van der Waals surface area (Å²) in [4.78, 5) is 0. The average Bonchev–Trinajstić information content (AvgIpc) is 2.56. The molecule has 12 heavy (non-hydrogen) atoms. The molecule has 2 aliphatic rings. The predicted octanol–water partition coefficient (Wildman–Crippen LogP) is 2.98. The van der Waals surface area contributed by atoms with Gasteiger partial charge in [-0.2, -0.15) is 0 Å². The van der Waals surface area contributed by atoms with E-state index in [4.69, 9.17) is 3.79 Å². The monoisotopic (exact) mass is 182 g/mol. The van der Waals surface area contributed by atoms with Crippen LogP contribution in [-0.2, 0) is 3.79 Å². The summed E-state index contributed by atoms with van der Waals surface area (Å²) in [6.45, 7) is 0. The summed E-state index contributed by atoms with van der Waals surface area (Å²) >= 11 is -0.709. The molecule has 0 aromatic heterocycles. The van der Waals surface area contributed by atoms with E-state index >= 15 is 0 Å². The lowest BCUT2D eigenvalue weighted by atomic mass is 9.97. The quantitative estimate of drug-likeness (QED) is 0.566. The second-order valence-electron chi connectivity index (χ2n) is 4.46. The molecule has 0 radical (unpaired) electrons. The Kier molecular flexibility index (Phi) is 3.12. The summed E-state index contributed by atoms with van der Waals surface area (Å²) in [6, 6.07) is 0. The summed E-state index contributed by atoms with van der Waals surface area (Å²) in [5.41, 5.74) is 0. The van der Waals surface area contributed by atoms with Crippen LogP contribution in [0.15, 0.2) is 0 Å². The molecule has 0 amide bonds. The van der Waals surface area contributed by atoms with E-state index in [-0.39, 0.29) is 0 Å². The Morgan fingerprint density at radius 3 is 2.50 bits per heavy atom. The molecule has 1 aliphatic carbocycles. The lowest BCUT2D eigenvalue weighted by Crippen LogP contribution is -2.32. The molecule has 68 valence electrons. The average molecular weight is 182 g/mol. The van der Waals surface area contributed by atoms with E-state index in [9.17, 15) is 0 Å². The third-order valence-corrected chi connectivity index (χ3v) is 5.47. The molecule has 0 aromatic carbocycles. The van der Waals surface area contributed by atoms with Crippen LogP contribution in [0.3, 0.4) is 0 Å². The second-order valence-corrected chi connectivity index (χ2v) is 6.93. The molecule has 0 aromatic rings. The maximum absolute atomic E-state index is 6.11. The highest BCUT2D eigenvalue weighted by Gasteiger charge is 2.31. The molecule has 0 bridgehead atoms. The van der Waals surface area contributed by atoms with E-state index in [0.29, 0.717) is 6.10 Å². The van der Waals surface area contributed by atoms with Crippen molar-refractivity contribution in [3.8, 4) is 0 Å². The molecular weight excluding hydrogens is 163 g/mol. The van der Waals surface area contributed by atoms with Crippen LogP contribution in [0, 0.1) is 5.92 Å². The Balaban J connectivity index is 1.85. The summed E-state index contributed by atoms with van der Waals surface area (Å²) in [7, 11) is 0. The van der Waals surface area contributed by atoms with Gasteiger partial charge < -0.3 is 3.79 Å². The minimum Gasteiger partial charge on any atom is -0.498 e. The standard InChI is InChI=1S/C9H16O.CH3.Al/c1-2-5-9(10)8-6-3-4-7-8;;/h8-9H,1-7H2;1H3;/q-1;;+1. The van der Waals surface area contributed by atoms with Gasteiger partial charge in [0.25, 0.3) is 0 Å². The summed E-state index contributed by atoms with van der Waals surface area (Å²) in [5, 5.41) is 1.42. The molecule has 1 saturated heterocycles. The number of hydrogen-bond acceptors (Lipinski definition) is 1. The number of hydrogen-bond donors (Lipinski definition) is 0. The molecule has 1 aliphatic heterocycles. The van der Waals surface area contributed by atoms with Gasteiger partial charge in [-0.3, -0.25) is 0 Å². The summed E-state index contributed by atoms with van der Waals surface area (Å²) < 4.78 is 6.11. The van der Waals surface area contributed by atoms with Crippen LogP contribution in [0.1, 0.15) is 38.5 Å². The van der Waals surface area contributed by atoms with Crippen molar-refractivity contribution in [1.82, 2.24) is 0 Å². The van der Waals surface area contributed by atoms with E-state index in [1.54, 1.807) is 0 Å². The molecule has 2 fully saturated rings. The van der Waals surface area contributed by atoms with E-state index in [1.807, 2.05) is 0 Å². The zero-order valence-electron chi connectivity index (χ0n) is 8.09. The molecule has 2 rings (SSSR count). The van der Waals surface area contributed by atoms with Crippen molar-refractivity contribution in [2.24, 2.45) is 5.92 Å². The maximum Gasteiger partial charge on any atom is 0.457 e. The SMILES string of the molecule is [CH3][Al]1[CH2]CCC(C2CCCC2)[O]1. The summed E-state index contributed by atoms with van der Waals surface area (Å²) in [6.07, 6.45) is 9.32. The Hall–Kier alpha value is 0.492. The van der Waals surface area contributed by atoms with E-state index < -0.39 is 14.5 Å². The van der Waals surface area contributed by atoms with E-state index in [0.717, 1.165) is 5.92 Å². The predicted molar refractivity (Wildman–Crippen MR) is 52.5 cm³/mol. The van der Waals surface area contributed by atoms with Gasteiger partial charge in [0.2, 0.25) is 0 Å². The minimum absolute atomic E-state index is 0.683. The fourth-order valence-electron chi connectivity index (χ4n) is 2.72. The first-order chi connectivity index (χ1) is 5.86. The third kappa shape index (κ3) is 2.05. The Morgan fingerprint density at radius 2 is 1.83 bits per heavy atom. The topological polar surface area (TPSA) is 9.23 Å². The second kappa shape index (κ2) is 4.13. The Bertz CT molecular complexity index is 143. The summed E-state index contributed by atoms with van der Waals surface area (Å²) in [5.74, 6) is 3.31. The van der Waals surface area contributed by atoms with Gasteiger partial charge in [0, 0.05) is 6.10 Å². The van der Waals surface area contributed by atoms with Gasteiger partial charge in [-0.25, -0.2) is 0 Å². The fraction of sp³-hybridized carbons (Fsp3) is 1.00. The van der Waals surface area contributed by atoms with Crippen LogP contribution in [-0.4, -0.2) is 20.6 Å². The van der Waals surface area contributed by atoms with Crippen molar-refractivity contribution in [3.05, 3.63) is 0 Å². The third-order valence-electron chi connectivity index (χ3n) is 3.43. The molecule has 1 heterocycles. The smallest absolute Gasteiger partial charge is 0.457 e. The van der Waals surface area contributed by atoms with Crippen molar-refractivity contribution >= 4 is 14.5 Å². The van der Waals surface area contributed by atoms with Crippen molar-refractivity contribution in [2.75, 3.05) is 0 Å². The van der Waals surface area contributed by atoms with Crippen LogP contribution in [0.4, 0.5) is 0 Å². The first kappa shape index (κ1) is 9.06. The zero-order chi connectivity index (χ0) is 8.39. The van der Waals surface area contributed by atoms with E-state index in [2.05, 4.69) is 5.79 Å². The molecule has 1 atom stereocenters. The van der Waals surface area contributed by atoms with Crippen LogP contribution in [0.25, 0.3) is 0 Å². The molecule has 1 saturated carbocycles. The van der Waals surface area contributed by atoms with Gasteiger partial charge >= 0.3 is 14.5 Å². The van der Waals surface area contributed by atoms with Gasteiger partial charge in [-0.1, -0.05) is 30.3 Å².